The molecule has 0 aliphatic rings. The number of carboxylic acids is 1. The lowest BCUT2D eigenvalue weighted by molar-refractivity contribution is -0.383. The standard InChI is InChI=1S/C13H12N2O6/c1-13(18,12(16)17)7-21-10-5-4-9(15(19)20)8-3-2-6-14-11(8)10/h2-6,18H,7H2,1H3,(H,16,17). The van der Waals surface area contributed by atoms with Gasteiger partial charge in [0.25, 0.3) is 5.69 Å². The highest BCUT2D eigenvalue weighted by atomic mass is 16.6. The Balaban J connectivity index is 2.40. The van der Waals surface area contributed by atoms with Gasteiger partial charge in [0.05, 0.1) is 10.3 Å². The van der Waals surface area contributed by atoms with Gasteiger partial charge in [0.2, 0.25) is 0 Å². The van der Waals surface area contributed by atoms with Gasteiger partial charge in [-0.25, -0.2) is 4.79 Å². The summed E-state index contributed by atoms with van der Waals surface area (Å²) < 4.78 is 5.26. The molecule has 0 saturated heterocycles. The van der Waals surface area contributed by atoms with Crippen LogP contribution in [-0.4, -0.2) is 38.3 Å². The molecule has 0 fully saturated rings. The predicted octanol–water partition coefficient (Wildman–Crippen LogP) is 1.36. The van der Waals surface area contributed by atoms with Gasteiger partial charge >= 0.3 is 5.97 Å². The smallest absolute Gasteiger partial charge is 0.339 e. The summed E-state index contributed by atoms with van der Waals surface area (Å²) in [6.45, 7) is 0.585. The molecule has 0 radical (unpaired) electrons. The quantitative estimate of drug-likeness (QED) is 0.629. The minimum atomic E-state index is -2.07. The third-order valence-corrected chi connectivity index (χ3v) is 2.88. The fourth-order valence-corrected chi connectivity index (χ4v) is 1.69. The van der Waals surface area contributed by atoms with Crippen molar-refractivity contribution in [2.24, 2.45) is 0 Å². The maximum Gasteiger partial charge on any atom is 0.339 e. The molecule has 1 aromatic heterocycles. The fraction of sp³-hybridized carbons (Fsp3) is 0.231. The first-order chi connectivity index (χ1) is 9.83. The Kier molecular flexibility index (Phi) is 3.72. The van der Waals surface area contributed by atoms with Crippen molar-refractivity contribution in [3.05, 3.63) is 40.6 Å². The lowest BCUT2D eigenvalue weighted by Crippen LogP contribution is -2.41. The van der Waals surface area contributed by atoms with Crippen LogP contribution in [0.1, 0.15) is 6.92 Å². The van der Waals surface area contributed by atoms with Gasteiger partial charge in [-0.2, -0.15) is 0 Å². The highest BCUT2D eigenvalue weighted by molar-refractivity contribution is 5.92. The van der Waals surface area contributed by atoms with Crippen LogP contribution in [0.25, 0.3) is 10.9 Å². The molecule has 2 N–H and O–H groups in total. The Morgan fingerprint density at radius 2 is 2.19 bits per heavy atom. The van der Waals surface area contributed by atoms with E-state index in [4.69, 9.17) is 9.84 Å². The number of nitrogens with zero attached hydrogens (tertiary/aromatic N) is 2. The molecule has 0 amide bonds. The lowest BCUT2D eigenvalue weighted by atomic mass is 10.1. The Bertz CT molecular complexity index is 713. The van der Waals surface area contributed by atoms with Gasteiger partial charge in [0.15, 0.2) is 5.60 Å². The van der Waals surface area contributed by atoms with Crippen molar-refractivity contribution < 1.29 is 24.7 Å². The number of nitro groups is 1. The van der Waals surface area contributed by atoms with Crippen LogP contribution in [0.3, 0.4) is 0 Å². The zero-order chi connectivity index (χ0) is 15.6. The zero-order valence-electron chi connectivity index (χ0n) is 11.0. The molecule has 0 spiro atoms. The normalized spacial score (nSPS) is 13.6. The Hall–Kier alpha value is -2.74. The van der Waals surface area contributed by atoms with E-state index in [0.717, 1.165) is 6.92 Å². The van der Waals surface area contributed by atoms with Gasteiger partial charge in [-0.15, -0.1) is 0 Å². The average molecular weight is 292 g/mol. The van der Waals surface area contributed by atoms with E-state index >= 15 is 0 Å². The number of ether oxygens (including phenoxy) is 1. The van der Waals surface area contributed by atoms with Crippen LogP contribution in [0.2, 0.25) is 0 Å². The molecule has 0 aliphatic heterocycles. The molecule has 0 saturated carbocycles. The van der Waals surface area contributed by atoms with Crippen LogP contribution >= 0.6 is 0 Å². The van der Waals surface area contributed by atoms with Crippen LogP contribution in [0, 0.1) is 10.1 Å². The monoisotopic (exact) mass is 292 g/mol. The highest BCUT2D eigenvalue weighted by Gasteiger charge is 2.31. The zero-order valence-corrected chi connectivity index (χ0v) is 11.0. The van der Waals surface area contributed by atoms with Crippen molar-refractivity contribution in [1.29, 1.82) is 0 Å². The molecular formula is C13H12N2O6. The number of hydrogen-bond acceptors (Lipinski definition) is 6. The molecule has 110 valence electrons. The van der Waals surface area contributed by atoms with Gasteiger partial charge in [-0.1, -0.05) is 0 Å². The Morgan fingerprint density at radius 3 is 2.81 bits per heavy atom. The molecule has 2 aromatic rings. The number of fused-ring (bicyclic) bond motifs is 1. The van der Waals surface area contributed by atoms with Crippen LogP contribution in [0.4, 0.5) is 5.69 Å². The van der Waals surface area contributed by atoms with Crippen molar-refractivity contribution >= 4 is 22.6 Å². The number of carboxylic acid groups (broad SMARTS) is 1. The summed E-state index contributed by atoms with van der Waals surface area (Å²) in [7, 11) is 0. The Labute approximate surface area is 118 Å². The topological polar surface area (TPSA) is 123 Å². The van der Waals surface area contributed by atoms with Gasteiger partial charge in [-0.3, -0.25) is 15.1 Å². The van der Waals surface area contributed by atoms with Crippen molar-refractivity contribution in [3.63, 3.8) is 0 Å². The maximum absolute atomic E-state index is 11.0. The SMILES string of the molecule is CC(O)(COc1ccc([N+](=O)[O-])c2cccnc12)C(=O)O. The molecule has 1 heterocycles. The Morgan fingerprint density at radius 1 is 1.48 bits per heavy atom. The summed E-state index contributed by atoms with van der Waals surface area (Å²) >= 11 is 0. The summed E-state index contributed by atoms with van der Waals surface area (Å²) in [6.07, 6.45) is 1.44. The van der Waals surface area contributed by atoms with E-state index in [0.29, 0.717) is 0 Å². The summed E-state index contributed by atoms with van der Waals surface area (Å²) in [5, 5.41) is 29.7. The first-order valence-corrected chi connectivity index (χ1v) is 5.93. The number of benzene rings is 1. The van der Waals surface area contributed by atoms with Crippen LogP contribution in [0.5, 0.6) is 5.75 Å². The minimum absolute atomic E-state index is 0.129. The maximum atomic E-state index is 11.0. The number of aliphatic hydroxyl groups is 1. The number of pyridine rings is 1. The van der Waals surface area contributed by atoms with Gasteiger partial charge in [0, 0.05) is 12.3 Å². The summed E-state index contributed by atoms with van der Waals surface area (Å²) in [5.41, 5.74) is -1.97. The molecule has 1 atom stereocenters. The van der Waals surface area contributed by atoms with Crippen molar-refractivity contribution in [3.8, 4) is 5.75 Å². The summed E-state index contributed by atoms with van der Waals surface area (Å²) in [5.74, 6) is -1.26. The van der Waals surface area contributed by atoms with E-state index in [1.54, 1.807) is 6.07 Å². The van der Waals surface area contributed by atoms with Gasteiger partial charge in [-0.05, 0) is 25.1 Å². The third kappa shape index (κ3) is 2.90. The van der Waals surface area contributed by atoms with E-state index in [1.165, 1.54) is 24.4 Å². The lowest BCUT2D eigenvalue weighted by Gasteiger charge is -2.18. The summed E-state index contributed by atoms with van der Waals surface area (Å²) in [4.78, 5) is 25.2. The van der Waals surface area contributed by atoms with Crippen molar-refractivity contribution in [1.82, 2.24) is 4.98 Å². The van der Waals surface area contributed by atoms with Gasteiger partial charge < -0.3 is 14.9 Å². The number of hydrogen-bond donors (Lipinski definition) is 2. The van der Waals surface area contributed by atoms with E-state index in [9.17, 15) is 20.0 Å². The second-order valence-electron chi connectivity index (χ2n) is 4.61. The molecule has 0 bridgehead atoms. The van der Waals surface area contributed by atoms with Gasteiger partial charge in [0.1, 0.15) is 17.9 Å². The van der Waals surface area contributed by atoms with Crippen LogP contribution in [-0.2, 0) is 4.79 Å². The third-order valence-electron chi connectivity index (χ3n) is 2.88. The molecule has 8 heteroatoms. The minimum Gasteiger partial charge on any atom is -0.488 e. The molecule has 8 nitrogen and oxygen atoms in total. The average Bonchev–Trinajstić information content (AvgIpc) is 2.44. The summed E-state index contributed by atoms with van der Waals surface area (Å²) in [6, 6.07) is 5.63. The van der Waals surface area contributed by atoms with E-state index < -0.39 is 23.1 Å². The van der Waals surface area contributed by atoms with Crippen LogP contribution in [0.15, 0.2) is 30.5 Å². The van der Waals surface area contributed by atoms with Crippen LogP contribution < -0.4 is 4.74 Å². The number of aliphatic carboxylic acids is 1. The number of rotatable bonds is 5. The number of nitro benzene ring substituents is 1. The van der Waals surface area contributed by atoms with E-state index in [-0.39, 0.29) is 22.3 Å². The second-order valence-corrected chi connectivity index (χ2v) is 4.61. The predicted molar refractivity (Wildman–Crippen MR) is 72.2 cm³/mol. The molecule has 1 aromatic carbocycles. The van der Waals surface area contributed by atoms with E-state index in [1.807, 2.05) is 0 Å². The first kappa shape index (κ1) is 14.7. The second kappa shape index (κ2) is 5.33. The molecule has 21 heavy (non-hydrogen) atoms. The number of non-ortho nitro benzene ring substituents is 1. The van der Waals surface area contributed by atoms with Crippen molar-refractivity contribution in [2.75, 3.05) is 6.61 Å². The molecule has 0 aliphatic carbocycles. The number of aromatic nitrogens is 1. The molecular weight excluding hydrogens is 280 g/mol. The van der Waals surface area contributed by atoms with E-state index in [2.05, 4.69) is 4.98 Å². The first-order valence-electron chi connectivity index (χ1n) is 5.93. The largest absolute Gasteiger partial charge is 0.488 e. The highest BCUT2D eigenvalue weighted by Crippen LogP contribution is 2.31. The van der Waals surface area contributed by atoms with Crippen molar-refractivity contribution in [2.45, 2.75) is 12.5 Å². The number of carbonyl (C=O) groups is 1. The molecule has 1 unspecified atom stereocenters. The fourth-order valence-electron chi connectivity index (χ4n) is 1.69. The molecule has 2 rings (SSSR count).